The predicted octanol–water partition coefficient (Wildman–Crippen LogP) is 2.00. The average molecular weight is 229 g/mol. The standard InChI is InChI=1S/C10H9ClO4/c1-6(12)15-9-5-7(10(11)13)3-4-8(9)14-2/h3-5H,1-2H3. The van der Waals surface area contributed by atoms with Crippen molar-refractivity contribution < 1.29 is 19.1 Å². The number of hydrogen-bond donors (Lipinski definition) is 0. The molecular formula is C10H9ClO4. The van der Waals surface area contributed by atoms with E-state index in [9.17, 15) is 9.59 Å². The first-order valence-electron chi connectivity index (χ1n) is 4.11. The van der Waals surface area contributed by atoms with Gasteiger partial charge in [-0.15, -0.1) is 0 Å². The first kappa shape index (κ1) is 11.5. The fraction of sp³-hybridized carbons (Fsp3) is 0.200. The molecule has 0 amide bonds. The summed E-state index contributed by atoms with van der Waals surface area (Å²) >= 11 is 5.29. The SMILES string of the molecule is COc1ccc(C(=O)Cl)cc1OC(C)=O. The lowest BCUT2D eigenvalue weighted by molar-refractivity contribution is -0.132. The summed E-state index contributed by atoms with van der Waals surface area (Å²) in [7, 11) is 1.44. The third-order valence-corrected chi connectivity index (χ3v) is 1.86. The van der Waals surface area contributed by atoms with E-state index in [0.29, 0.717) is 5.75 Å². The molecule has 0 fully saturated rings. The molecule has 1 rings (SSSR count). The normalized spacial score (nSPS) is 9.53. The van der Waals surface area contributed by atoms with Crippen LogP contribution in [0.5, 0.6) is 11.5 Å². The summed E-state index contributed by atoms with van der Waals surface area (Å²) in [6.45, 7) is 1.26. The van der Waals surface area contributed by atoms with Crippen molar-refractivity contribution in [1.29, 1.82) is 0 Å². The molecule has 0 aliphatic rings. The molecule has 0 spiro atoms. The summed E-state index contributed by atoms with van der Waals surface area (Å²) in [4.78, 5) is 21.6. The summed E-state index contributed by atoms with van der Waals surface area (Å²) in [5, 5.41) is -0.619. The highest BCUT2D eigenvalue weighted by Crippen LogP contribution is 2.28. The van der Waals surface area contributed by atoms with Crippen LogP contribution in [0.4, 0.5) is 0 Å². The van der Waals surface area contributed by atoms with Gasteiger partial charge < -0.3 is 9.47 Å². The molecule has 1 aromatic carbocycles. The number of methoxy groups -OCH3 is 1. The Labute approximate surface area is 91.7 Å². The average Bonchev–Trinajstić information content (AvgIpc) is 2.16. The Morgan fingerprint density at radius 2 is 1.93 bits per heavy atom. The maximum atomic E-state index is 10.9. The molecular weight excluding hydrogens is 220 g/mol. The van der Waals surface area contributed by atoms with E-state index in [0.717, 1.165) is 0 Å². The molecule has 0 heterocycles. The van der Waals surface area contributed by atoms with E-state index in [2.05, 4.69) is 0 Å². The lowest BCUT2D eigenvalue weighted by Crippen LogP contribution is -2.04. The van der Waals surface area contributed by atoms with Gasteiger partial charge in [-0.1, -0.05) is 0 Å². The van der Waals surface area contributed by atoms with Crippen LogP contribution in [0.3, 0.4) is 0 Å². The monoisotopic (exact) mass is 228 g/mol. The fourth-order valence-electron chi connectivity index (χ4n) is 1.03. The van der Waals surface area contributed by atoms with Crippen molar-refractivity contribution in [3.8, 4) is 11.5 Å². The van der Waals surface area contributed by atoms with Crippen LogP contribution in [0, 0.1) is 0 Å². The van der Waals surface area contributed by atoms with Crippen LogP contribution in [-0.2, 0) is 4.79 Å². The second-order valence-corrected chi connectivity index (χ2v) is 3.08. The number of carbonyl (C=O) groups is 2. The van der Waals surface area contributed by atoms with Gasteiger partial charge in [0.05, 0.1) is 7.11 Å². The minimum Gasteiger partial charge on any atom is -0.493 e. The molecule has 15 heavy (non-hydrogen) atoms. The van der Waals surface area contributed by atoms with Crippen molar-refractivity contribution in [3.05, 3.63) is 23.8 Å². The Hall–Kier alpha value is -1.55. The van der Waals surface area contributed by atoms with Crippen molar-refractivity contribution in [1.82, 2.24) is 0 Å². The van der Waals surface area contributed by atoms with Crippen molar-refractivity contribution in [2.45, 2.75) is 6.92 Å². The topological polar surface area (TPSA) is 52.6 Å². The highest BCUT2D eigenvalue weighted by Gasteiger charge is 2.10. The number of hydrogen-bond acceptors (Lipinski definition) is 4. The summed E-state index contributed by atoms with van der Waals surface area (Å²) in [5.41, 5.74) is 0.244. The van der Waals surface area contributed by atoms with Gasteiger partial charge in [0.2, 0.25) is 0 Å². The third kappa shape index (κ3) is 2.95. The number of ether oxygens (including phenoxy) is 2. The Morgan fingerprint density at radius 3 is 2.40 bits per heavy atom. The van der Waals surface area contributed by atoms with E-state index in [1.807, 2.05) is 0 Å². The smallest absolute Gasteiger partial charge is 0.308 e. The quantitative estimate of drug-likeness (QED) is 0.451. The van der Waals surface area contributed by atoms with E-state index in [-0.39, 0.29) is 11.3 Å². The highest BCUT2D eigenvalue weighted by atomic mass is 35.5. The first-order valence-corrected chi connectivity index (χ1v) is 4.48. The molecule has 0 aromatic heterocycles. The van der Waals surface area contributed by atoms with Crippen molar-refractivity contribution in [2.24, 2.45) is 0 Å². The van der Waals surface area contributed by atoms with Gasteiger partial charge in [-0.3, -0.25) is 9.59 Å². The van der Waals surface area contributed by atoms with Gasteiger partial charge in [0, 0.05) is 12.5 Å². The van der Waals surface area contributed by atoms with Crippen molar-refractivity contribution in [3.63, 3.8) is 0 Å². The minimum atomic E-state index is -0.619. The molecule has 1 aromatic rings. The lowest BCUT2D eigenvalue weighted by atomic mass is 10.2. The second kappa shape index (κ2) is 4.79. The number of rotatable bonds is 3. The summed E-state index contributed by atoms with van der Waals surface area (Å²) < 4.78 is 9.80. The Kier molecular flexibility index (Phi) is 3.68. The van der Waals surface area contributed by atoms with Crippen LogP contribution in [0.1, 0.15) is 17.3 Å². The third-order valence-electron chi connectivity index (χ3n) is 1.64. The van der Waals surface area contributed by atoms with E-state index < -0.39 is 11.2 Å². The van der Waals surface area contributed by atoms with Gasteiger partial charge in [0.1, 0.15) is 0 Å². The molecule has 0 aliphatic carbocycles. The van der Waals surface area contributed by atoms with Crippen molar-refractivity contribution in [2.75, 3.05) is 7.11 Å². The number of benzene rings is 1. The molecule has 0 N–H and O–H groups in total. The number of halogens is 1. The molecule has 0 radical (unpaired) electrons. The maximum Gasteiger partial charge on any atom is 0.308 e. The molecule has 0 saturated heterocycles. The largest absolute Gasteiger partial charge is 0.493 e. The van der Waals surface area contributed by atoms with Crippen LogP contribution in [0.15, 0.2) is 18.2 Å². The Morgan fingerprint density at radius 1 is 1.27 bits per heavy atom. The maximum absolute atomic E-state index is 10.9. The molecule has 0 aliphatic heterocycles. The molecule has 4 nitrogen and oxygen atoms in total. The number of carbonyl (C=O) groups excluding carboxylic acids is 2. The van der Waals surface area contributed by atoms with Gasteiger partial charge in [0.25, 0.3) is 5.24 Å². The zero-order valence-corrected chi connectivity index (χ0v) is 9.00. The second-order valence-electron chi connectivity index (χ2n) is 2.73. The minimum absolute atomic E-state index is 0.177. The molecule has 0 bridgehead atoms. The molecule has 0 unspecified atom stereocenters. The predicted molar refractivity (Wildman–Crippen MR) is 54.5 cm³/mol. The van der Waals surface area contributed by atoms with Gasteiger partial charge in [-0.05, 0) is 29.8 Å². The van der Waals surface area contributed by atoms with Crippen LogP contribution in [0.25, 0.3) is 0 Å². The van der Waals surface area contributed by atoms with Crippen LogP contribution in [0.2, 0.25) is 0 Å². The molecule has 0 saturated carbocycles. The van der Waals surface area contributed by atoms with Crippen molar-refractivity contribution >= 4 is 22.8 Å². The van der Waals surface area contributed by atoms with E-state index in [1.54, 1.807) is 0 Å². The van der Waals surface area contributed by atoms with Crippen LogP contribution >= 0.6 is 11.6 Å². The summed E-state index contributed by atoms with van der Waals surface area (Å²) in [6, 6.07) is 4.35. The van der Waals surface area contributed by atoms with Crippen LogP contribution < -0.4 is 9.47 Å². The first-order chi connectivity index (χ1) is 7.04. The lowest BCUT2D eigenvalue weighted by Gasteiger charge is -2.08. The highest BCUT2D eigenvalue weighted by molar-refractivity contribution is 6.67. The summed E-state index contributed by atoms with van der Waals surface area (Å²) in [6.07, 6.45) is 0. The fourth-order valence-corrected chi connectivity index (χ4v) is 1.15. The van der Waals surface area contributed by atoms with E-state index in [4.69, 9.17) is 21.1 Å². The van der Waals surface area contributed by atoms with E-state index in [1.165, 1.54) is 32.2 Å². The molecule has 0 atom stereocenters. The summed E-state index contributed by atoms with van der Waals surface area (Å²) in [5.74, 6) is 0.0517. The Balaban J connectivity index is 3.12. The zero-order valence-electron chi connectivity index (χ0n) is 8.24. The zero-order chi connectivity index (χ0) is 11.4. The Bertz CT molecular complexity index is 400. The number of esters is 1. The van der Waals surface area contributed by atoms with Gasteiger partial charge in [-0.2, -0.15) is 0 Å². The van der Waals surface area contributed by atoms with Gasteiger partial charge in [-0.25, -0.2) is 0 Å². The van der Waals surface area contributed by atoms with E-state index >= 15 is 0 Å². The molecule has 5 heteroatoms. The van der Waals surface area contributed by atoms with Gasteiger partial charge >= 0.3 is 5.97 Å². The molecule has 80 valence electrons. The van der Waals surface area contributed by atoms with Gasteiger partial charge in [0.15, 0.2) is 11.5 Å². The van der Waals surface area contributed by atoms with Crippen LogP contribution in [-0.4, -0.2) is 18.3 Å².